The highest BCUT2D eigenvalue weighted by molar-refractivity contribution is 7.89. The standard InChI is InChI=1S/C13H17Cl2FN2O2S/c14-10-6-9(16)7-11(15)12(10)21(19,20)18-8-13(17)4-2-1-3-5-13/h6-7,18H,1-5,8,17H2. The maximum absolute atomic E-state index is 13.1. The smallest absolute Gasteiger partial charge is 0.243 e. The summed E-state index contributed by atoms with van der Waals surface area (Å²) < 4.78 is 40.2. The molecule has 3 N–H and O–H groups in total. The van der Waals surface area contributed by atoms with Gasteiger partial charge >= 0.3 is 0 Å². The van der Waals surface area contributed by atoms with Gasteiger partial charge < -0.3 is 5.73 Å². The normalized spacial score (nSPS) is 18.7. The molecule has 118 valence electrons. The van der Waals surface area contributed by atoms with Crippen LogP contribution >= 0.6 is 23.2 Å². The first-order valence-corrected chi connectivity index (χ1v) is 8.91. The second kappa shape index (κ2) is 6.38. The lowest BCUT2D eigenvalue weighted by Crippen LogP contribution is -2.51. The minimum atomic E-state index is -3.94. The van der Waals surface area contributed by atoms with Crippen molar-refractivity contribution in [2.24, 2.45) is 5.73 Å². The molecular formula is C13H17Cl2FN2O2S. The van der Waals surface area contributed by atoms with Crippen LogP contribution in [0.25, 0.3) is 0 Å². The van der Waals surface area contributed by atoms with Crippen LogP contribution in [0.1, 0.15) is 32.1 Å². The van der Waals surface area contributed by atoms with E-state index in [-0.39, 0.29) is 21.5 Å². The lowest BCUT2D eigenvalue weighted by molar-refractivity contribution is 0.296. The largest absolute Gasteiger partial charge is 0.324 e. The Hall–Kier alpha value is -0.400. The molecule has 4 nitrogen and oxygen atoms in total. The number of hydrogen-bond donors (Lipinski definition) is 2. The second-order valence-corrected chi connectivity index (χ2v) is 7.96. The minimum absolute atomic E-state index is 0.110. The summed E-state index contributed by atoms with van der Waals surface area (Å²) >= 11 is 11.6. The summed E-state index contributed by atoms with van der Waals surface area (Å²) in [6, 6.07) is 1.83. The summed E-state index contributed by atoms with van der Waals surface area (Å²) in [6.07, 6.45) is 4.61. The van der Waals surface area contributed by atoms with E-state index < -0.39 is 21.4 Å². The molecule has 1 saturated carbocycles. The Labute approximate surface area is 133 Å². The Morgan fingerprint density at radius 2 is 1.71 bits per heavy atom. The van der Waals surface area contributed by atoms with Gasteiger partial charge in [0.1, 0.15) is 10.7 Å². The number of benzene rings is 1. The highest BCUT2D eigenvalue weighted by Gasteiger charge is 2.30. The Morgan fingerprint density at radius 1 is 1.19 bits per heavy atom. The molecule has 2 rings (SSSR count). The zero-order chi connectivity index (χ0) is 15.7. The summed E-state index contributed by atoms with van der Waals surface area (Å²) in [5, 5.41) is -0.496. The summed E-state index contributed by atoms with van der Waals surface area (Å²) in [5.41, 5.74) is 5.64. The van der Waals surface area contributed by atoms with Crippen molar-refractivity contribution >= 4 is 33.2 Å². The quantitative estimate of drug-likeness (QED) is 0.872. The van der Waals surface area contributed by atoms with Gasteiger partial charge in [-0.05, 0) is 25.0 Å². The molecule has 0 bridgehead atoms. The van der Waals surface area contributed by atoms with Crippen molar-refractivity contribution in [2.45, 2.75) is 42.5 Å². The topological polar surface area (TPSA) is 72.2 Å². The second-order valence-electron chi connectivity index (χ2n) is 5.45. The summed E-state index contributed by atoms with van der Waals surface area (Å²) in [6.45, 7) is 0.110. The predicted molar refractivity (Wildman–Crippen MR) is 81.6 cm³/mol. The molecule has 0 unspecified atom stereocenters. The van der Waals surface area contributed by atoms with Crippen molar-refractivity contribution in [3.8, 4) is 0 Å². The number of halogens is 3. The van der Waals surface area contributed by atoms with E-state index in [0.29, 0.717) is 0 Å². The van der Waals surface area contributed by atoms with Crippen molar-refractivity contribution in [2.75, 3.05) is 6.54 Å². The first-order chi connectivity index (χ1) is 9.73. The van der Waals surface area contributed by atoms with Gasteiger partial charge in [-0.1, -0.05) is 42.5 Å². The van der Waals surface area contributed by atoms with Crippen molar-refractivity contribution in [3.05, 3.63) is 28.0 Å². The summed E-state index contributed by atoms with van der Waals surface area (Å²) in [5.74, 6) is -0.688. The Kier molecular flexibility index (Phi) is 5.15. The molecular weight excluding hydrogens is 338 g/mol. The summed E-state index contributed by atoms with van der Waals surface area (Å²) in [4.78, 5) is -0.313. The van der Waals surface area contributed by atoms with E-state index in [1.165, 1.54) is 0 Å². The Bertz CT molecular complexity index is 608. The van der Waals surface area contributed by atoms with Crippen molar-refractivity contribution in [3.63, 3.8) is 0 Å². The fourth-order valence-electron chi connectivity index (χ4n) is 2.53. The van der Waals surface area contributed by atoms with Crippen molar-refractivity contribution < 1.29 is 12.8 Å². The molecule has 0 heterocycles. The van der Waals surface area contributed by atoms with Crippen molar-refractivity contribution in [1.82, 2.24) is 4.72 Å². The third kappa shape index (κ3) is 4.07. The lowest BCUT2D eigenvalue weighted by atomic mass is 9.83. The minimum Gasteiger partial charge on any atom is -0.324 e. The van der Waals surface area contributed by atoms with Gasteiger partial charge in [-0.25, -0.2) is 17.5 Å². The van der Waals surface area contributed by atoms with E-state index in [2.05, 4.69) is 4.72 Å². The van der Waals surface area contributed by atoms with Crippen LogP contribution in [0.15, 0.2) is 17.0 Å². The van der Waals surface area contributed by atoms with Gasteiger partial charge in [0.2, 0.25) is 10.0 Å². The van der Waals surface area contributed by atoms with E-state index in [1.54, 1.807) is 0 Å². The number of nitrogens with one attached hydrogen (secondary N) is 1. The molecule has 0 spiro atoms. The van der Waals surface area contributed by atoms with Gasteiger partial charge in [-0.2, -0.15) is 0 Å². The highest BCUT2D eigenvalue weighted by Crippen LogP contribution is 2.31. The lowest BCUT2D eigenvalue weighted by Gasteiger charge is -2.33. The molecule has 8 heteroatoms. The van der Waals surface area contributed by atoms with Crippen LogP contribution in [0.3, 0.4) is 0 Å². The fraction of sp³-hybridized carbons (Fsp3) is 0.538. The van der Waals surface area contributed by atoms with Gasteiger partial charge in [-0.3, -0.25) is 0 Å². The fourth-order valence-corrected chi connectivity index (χ4v) is 4.85. The first-order valence-electron chi connectivity index (χ1n) is 6.67. The predicted octanol–water partition coefficient (Wildman–Crippen LogP) is 3.07. The molecule has 1 aromatic rings. The van der Waals surface area contributed by atoms with Crippen LogP contribution in [0.4, 0.5) is 4.39 Å². The molecule has 1 aliphatic carbocycles. The van der Waals surface area contributed by atoms with E-state index in [4.69, 9.17) is 28.9 Å². The third-order valence-electron chi connectivity index (χ3n) is 3.70. The van der Waals surface area contributed by atoms with E-state index in [1.807, 2.05) is 0 Å². The van der Waals surface area contributed by atoms with E-state index in [0.717, 1.165) is 44.2 Å². The first kappa shape index (κ1) is 17.0. The molecule has 0 atom stereocenters. The molecule has 0 saturated heterocycles. The number of sulfonamides is 1. The van der Waals surface area contributed by atoms with Crippen LogP contribution < -0.4 is 10.5 Å². The van der Waals surface area contributed by atoms with Crippen LogP contribution in [-0.2, 0) is 10.0 Å². The monoisotopic (exact) mass is 354 g/mol. The molecule has 0 radical (unpaired) electrons. The average Bonchev–Trinajstić information content (AvgIpc) is 2.36. The van der Waals surface area contributed by atoms with Gasteiger partial charge in [0.15, 0.2) is 0 Å². The zero-order valence-electron chi connectivity index (χ0n) is 11.3. The van der Waals surface area contributed by atoms with Gasteiger partial charge in [0, 0.05) is 12.1 Å². The molecule has 0 aromatic heterocycles. The molecule has 1 fully saturated rings. The molecule has 21 heavy (non-hydrogen) atoms. The van der Waals surface area contributed by atoms with Crippen molar-refractivity contribution in [1.29, 1.82) is 0 Å². The average molecular weight is 355 g/mol. The third-order valence-corrected chi connectivity index (χ3v) is 6.02. The van der Waals surface area contributed by atoms with Crippen LogP contribution in [0, 0.1) is 5.82 Å². The molecule has 0 amide bonds. The van der Waals surface area contributed by atoms with Crippen LogP contribution in [-0.4, -0.2) is 20.5 Å². The molecule has 1 aromatic carbocycles. The molecule has 1 aliphatic rings. The van der Waals surface area contributed by atoms with E-state index >= 15 is 0 Å². The van der Waals surface area contributed by atoms with Gasteiger partial charge in [0.05, 0.1) is 10.0 Å². The summed E-state index contributed by atoms with van der Waals surface area (Å²) in [7, 11) is -3.94. The highest BCUT2D eigenvalue weighted by atomic mass is 35.5. The van der Waals surface area contributed by atoms with Gasteiger partial charge in [-0.15, -0.1) is 0 Å². The molecule has 0 aliphatic heterocycles. The van der Waals surface area contributed by atoms with E-state index in [9.17, 15) is 12.8 Å². The number of hydrogen-bond acceptors (Lipinski definition) is 3. The number of rotatable bonds is 4. The number of nitrogens with two attached hydrogens (primary N) is 1. The Morgan fingerprint density at radius 3 is 2.24 bits per heavy atom. The van der Waals surface area contributed by atoms with Crippen LogP contribution in [0.2, 0.25) is 10.0 Å². The SMILES string of the molecule is NC1(CNS(=O)(=O)c2c(Cl)cc(F)cc2Cl)CCCCC1. The Balaban J connectivity index is 2.19. The maximum Gasteiger partial charge on any atom is 0.243 e. The zero-order valence-corrected chi connectivity index (χ0v) is 13.7. The van der Waals surface area contributed by atoms with Gasteiger partial charge in [0.25, 0.3) is 0 Å². The maximum atomic E-state index is 13.1. The van der Waals surface area contributed by atoms with Crippen LogP contribution in [0.5, 0.6) is 0 Å².